The van der Waals surface area contributed by atoms with E-state index in [0.29, 0.717) is 12.1 Å². The smallest absolute Gasteiger partial charge is 0.356 e. The number of hydrogen-bond acceptors (Lipinski definition) is 2. The molecule has 1 fully saturated rings. The number of halogens is 3. The third-order valence-electron chi connectivity index (χ3n) is 4.54. The molecule has 1 N–H and O–H groups in total. The number of piperidine rings is 1. The van der Waals surface area contributed by atoms with E-state index in [9.17, 15) is 18.0 Å². The Bertz CT molecular complexity index is 540. The van der Waals surface area contributed by atoms with Crippen LogP contribution in [0.3, 0.4) is 0 Å². The van der Waals surface area contributed by atoms with Crippen LogP contribution < -0.4 is 5.32 Å². The molecule has 1 aromatic rings. The van der Waals surface area contributed by atoms with Crippen LogP contribution in [0, 0.1) is 0 Å². The fourth-order valence-electron chi connectivity index (χ4n) is 3.15. The normalized spacial score (nSPS) is 16.0. The quantitative estimate of drug-likeness (QED) is 0.714. The van der Waals surface area contributed by atoms with Gasteiger partial charge in [0, 0.05) is 6.54 Å². The Morgan fingerprint density at radius 1 is 1.08 bits per heavy atom. The second kappa shape index (κ2) is 9.80. The summed E-state index contributed by atoms with van der Waals surface area (Å²) in [5.74, 6) is -0.227. The lowest BCUT2D eigenvalue weighted by Gasteiger charge is -2.26. The number of nitrogens with one attached hydrogen (secondary N) is 1. The van der Waals surface area contributed by atoms with Crippen molar-refractivity contribution in [2.75, 3.05) is 26.2 Å². The first-order valence-electron chi connectivity index (χ1n) is 9.10. The van der Waals surface area contributed by atoms with Crippen molar-refractivity contribution < 1.29 is 18.0 Å². The van der Waals surface area contributed by atoms with E-state index in [0.717, 1.165) is 37.9 Å². The third-order valence-corrected chi connectivity index (χ3v) is 4.54. The minimum atomic E-state index is -4.37. The highest BCUT2D eigenvalue weighted by Crippen LogP contribution is 2.29. The molecule has 6 heteroatoms. The van der Waals surface area contributed by atoms with E-state index in [-0.39, 0.29) is 12.3 Å². The van der Waals surface area contributed by atoms with Crippen molar-refractivity contribution in [1.82, 2.24) is 10.2 Å². The van der Waals surface area contributed by atoms with Gasteiger partial charge in [0.15, 0.2) is 0 Å². The maximum atomic E-state index is 12.7. The Morgan fingerprint density at radius 2 is 1.84 bits per heavy atom. The predicted octanol–water partition coefficient (Wildman–Crippen LogP) is 4.02. The van der Waals surface area contributed by atoms with Gasteiger partial charge in [0.05, 0.1) is 12.0 Å². The largest absolute Gasteiger partial charge is 0.416 e. The van der Waals surface area contributed by atoms with Crippen molar-refractivity contribution >= 4 is 5.91 Å². The number of nitrogens with zero attached hydrogens (tertiary/aromatic N) is 1. The van der Waals surface area contributed by atoms with Crippen LogP contribution in [0.1, 0.15) is 49.7 Å². The van der Waals surface area contributed by atoms with E-state index in [2.05, 4.69) is 10.2 Å². The Labute approximate surface area is 147 Å². The highest BCUT2D eigenvalue weighted by molar-refractivity contribution is 5.78. The summed E-state index contributed by atoms with van der Waals surface area (Å²) in [6.07, 6.45) is 2.64. The Morgan fingerprint density at radius 3 is 2.56 bits per heavy atom. The minimum absolute atomic E-state index is 0.0162. The lowest BCUT2D eigenvalue weighted by molar-refractivity contribution is -0.137. The zero-order valence-corrected chi connectivity index (χ0v) is 14.6. The molecule has 1 aliphatic heterocycles. The van der Waals surface area contributed by atoms with Crippen molar-refractivity contribution in [3.8, 4) is 0 Å². The van der Waals surface area contributed by atoms with Gasteiger partial charge in [-0.2, -0.15) is 13.2 Å². The van der Waals surface area contributed by atoms with Crippen LogP contribution >= 0.6 is 0 Å². The van der Waals surface area contributed by atoms with E-state index in [1.807, 2.05) is 0 Å². The van der Waals surface area contributed by atoms with Gasteiger partial charge >= 0.3 is 6.18 Å². The number of hydrogen-bond donors (Lipinski definition) is 1. The van der Waals surface area contributed by atoms with E-state index in [1.165, 1.54) is 38.4 Å². The van der Waals surface area contributed by atoms with E-state index in [4.69, 9.17) is 0 Å². The first-order valence-corrected chi connectivity index (χ1v) is 9.10. The topological polar surface area (TPSA) is 32.3 Å². The summed E-state index contributed by atoms with van der Waals surface area (Å²) in [6, 6.07) is 4.95. The molecule has 0 aliphatic carbocycles. The molecule has 1 saturated heterocycles. The molecule has 0 bridgehead atoms. The number of unbranched alkanes of at least 4 members (excludes halogenated alkanes) is 2. The van der Waals surface area contributed by atoms with Crippen LogP contribution in [0.5, 0.6) is 0 Å². The summed E-state index contributed by atoms with van der Waals surface area (Å²) in [7, 11) is 0. The van der Waals surface area contributed by atoms with Crippen molar-refractivity contribution in [1.29, 1.82) is 0 Å². The molecule has 1 amide bonds. The summed E-state index contributed by atoms with van der Waals surface area (Å²) in [6.45, 7) is 4.11. The van der Waals surface area contributed by atoms with Gasteiger partial charge < -0.3 is 10.2 Å². The van der Waals surface area contributed by atoms with Crippen LogP contribution in [0.2, 0.25) is 0 Å². The standard InChI is InChI=1S/C19H27F3N2O/c20-19(21,22)17-9-7-8-16(14-17)15-18(25)23-10-3-1-4-11-24-12-5-2-6-13-24/h7-9,14H,1-6,10-13,15H2,(H,23,25). The number of alkyl halides is 3. The second-order valence-corrected chi connectivity index (χ2v) is 6.69. The van der Waals surface area contributed by atoms with Crippen LogP contribution in [0.15, 0.2) is 24.3 Å². The van der Waals surface area contributed by atoms with Crippen LogP contribution in [-0.2, 0) is 17.4 Å². The lowest BCUT2D eigenvalue weighted by Crippen LogP contribution is -2.30. The van der Waals surface area contributed by atoms with Gasteiger partial charge in [-0.15, -0.1) is 0 Å². The van der Waals surface area contributed by atoms with E-state index in [1.54, 1.807) is 6.07 Å². The molecule has 140 valence electrons. The van der Waals surface area contributed by atoms with Crippen molar-refractivity contribution in [2.45, 2.75) is 51.1 Å². The molecule has 0 radical (unpaired) electrons. The number of likely N-dealkylation sites (tertiary alicyclic amines) is 1. The molecule has 1 aliphatic rings. The van der Waals surface area contributed by atoms with Crippen molar-refractivity contribution in [3.63, 3.8) is 0 Å². The lowest BCUT2D eigenvalue weighted by atomic mass is 10.1. The zero-order valence-electron chi connectivity index (χ0n) is 14.6. The summed E-state index contributed by atoms with van der Waals surface area (Å²) in [5, 5.41) is 2.79. The van der Waals surface area contributed by atoms with Gasteiger partial charge in [0.1, 0.15) is 0 Å². The summed E-state index contributed by atoms with van der Waals surface area (Å²) in [4.78, 5) is 14.3. The number of benzene rings is 1. The van der Waals surface area contributed by atoms with Crippen molar-refractivity contribution in [2.24, 2.45) is 0 Å². The Balaban J connectivity index is 1.59. The summed E-state index contributed by atoms with van der Waals surface area (Å²) < 4.78 is 38.0. The third kappa shape index (κ3) is 7.46. The highest BCUT2D eigenvalue weighted by atomic mass is 19.4. The molecular weight excluding hydrogens is 329 g/mol. The van der Waals surface area contributed by atoms with Gasteiger partial charge in [0.25, 0.3) is 0 Å². The number of amides is 1. The van der Waals surface area contributed by atoms with Crippen molar-refractivity contribution in [3.05, 3.63) is 35.4 Å². The second-order valence-electron chi connectivity index (χ2n) is 6.69. The van der Waals surface area contributed by atoms with Gasteiger partial charge in [-0.1, -0.05) is 31.0 Å². The molecule has 0 saturated carbocycles. The molecule has 1 aromatic carbocycles. The Kier molecular flexibility index (Phi) is 7.75. The molecule has 25 heavy (non-hydrogen) atoms. The van der Waals surface area contributed by atoms with E-state index >= 15 is 0 Å². The SMILES string of the molecule is O=C(Cc1cccc(C(F)(F)F)c1)NCCCCCN1CCCCC1. The monoisotopic (exact) mass is 356 g/mol. The predicted molar refractivity (Wildman–Crippen MR) is 92.3 cm³/mol. The van der Waals surface area contributed by atoms with Gasteiger partial charge in [-0.25, -0.2) is 0 Å². The first-order chi connectivity index (χ1) is 11.9. The number of carbonyl (C=O) groups is 1. The molecule has 1 heterocycles. The number of carbonyl (C=O) groups excluding carboxylic acids is 1. The summed E-state index contributed by atoms with van der Waals surface area (Å²) >= 11 is 0. The molecule has 0 spiro atoms. The zero-order chi connectivity index (χ0) is 18.1. The molecule has 0 atom stereocenters. The minimum Gasteiger partial charge on any atom is -0.356 e. The maximum Gasteiger partial charge on any atom is 0.416 e. The fraction of sp³-hybridized carbons (Fsp3) is 0.632. The molecule has 0 aromatic heterocycles. The van der Waals surface area contributed by atoms with Gasteiger partial charge in [-0.05, 0) is 56.9 Å². The summed E-state index contributed by atoms with van der Waals surface area (Å²) in [5.41, 5.74) is -0.326. The average molecular weight is 356 g/mol. The Hall–Kier alpha value is -1.56. The van der Waals surface area contributed by atoms with Crippen LogP contribution in [-0.4, -0.2) is 37.0 Å². The van der Waals surface area contributed by atoms with Crippen LogP contribution in [0.25, 0.3) is 0 Å². The maximum absolute atomic E-state index is 12.7. The van der Waals surface area contributed by atoms with E-state index < -0.39 is 11.7 Å². The molecule has 2 rings (SSSR count). The average Bonchev–Trinajstić information content (AvgIpc) is 2.58. The molecule has 3 nitrogen and oxygen atoms in total. The molecule has 0 unspecified atom stereocenters. The van der Waals surface area contributed by atoms with Crippen LogP contribution in [0.4, 0.5) is 13.2 Å². The number of rotatable bonds is 8. The van der Waals surface area contributed by atoms with Gasteiger partial charge in [-0.3, -0.25) is 4.79 Å². The fourth-order valence-corrected chi connectivity index (χ4v) is 3.15. The first kappa shape index (κ1) is 19.8. The highest BCUT2D eigenvalue weighted by Gasteiger charge is 2.30. The van der Waals surface area contributed by atoms with Gasteiger partial charge in [0.2, 0.25) is 5.91 Å². The molecular formula is C19H27F3N2O.